The highest BCUT2D eigenvalue weighted by molar-refractivity contribution is 5.61. The summed E-state index contributed by atoms with van der Waals surface area (Å²) in [6.45, 7) is 0.458. The Hall–Kier alpha value is -1.89. The second-order valence-electron chi connectivity index (χ2n) is 3.09. The fraction of sp³-hybridized carbons (Fsp3) is 0.375. The van der Waals surface area contributed by atoms with Gasteiger partial charge in [-0.25, -0.2) is 4.98 Å². The minimum atomic E-state index is -0.548. The van der Waals surface area contributed by atoms with Crippen LogP contribution < -0.4 is 17.2 Å². The van der Waals surface area contributed by atoms with Gasteiger partial charge in [-0.1, -0.05) is 0 Å². The van der Waals surface area contributed by atoms with E-state index in [4.69, 9.17) is 17.2 Å². The summed E-state index contributed by atoms with van der Waals surface area (Å²) < 4.78 is 0. The van der Waals surface area contributed by atoms with Crippen molar-refractivity contribution >= 4 is 17.3 Å². The standard InChI is InChI=1S/C8H13N5O2/c9-3-1-2-5-4-6(10)12-8(11)7(5)13(14)15/h4H,1-3,9H2,(H4,10,11,12). The maximum absolute atomic E-state index is 10.7. The first-order chi connectivity index (χ1) is 7.06. The lowest BCUT2D eigenvalue weighted by atomic mass is 10.1. The van der Waals surface area contributed by atoms with Crippen molar-refractivity contribution in [1.82, 2.24) is 4.98 Å². The predicted octanol–water partition coefficient (Wildman–Crippen LogP) is 0.0455. The minimum Gasteiger partial charge on any atom is -0.384 e. The minimum absolute atomic E-state index is 0.146. The van der Waals surface area contributed by atoms with Crippen LogP contribution in [0, 0.1) is 10.1 Å². The van der Waals surface area contributed by atoms with Gasteiger partial charge in [0.05, 0.1) is 4.92 Å². The molecule has 82 valence electrons. The van der Waals surface area contributed by atoms with Crippen molar-refractivity contribution in [1.29, 1.82) is 0 Å². The van der Waals surface area contributed by atoms with Crippen molar-refractivity contribution < 1.29 is 4.92 Å². The van der Waals surface area contributed by atoms with Gasteiger partial charge in [0, 0.05) is 5.56 Å². The molecule has 0 aliphatic rings. The molecule has 1 rings (SSSR count). The third kappa shape index (κ3) is 2.53. The third-order valence-electron chi connectivity index (χ3n) is 1.95. The number of nitrogens with zero attached hydrogens (tertiary/aromatic N) is 2. The maximum Gasteiger partial charge on any atom is 0.314 e. The number of anilines is 2. The molecular formula is C8H13N5O2. The predicted molar refractivity (Wildman–Crippen MR) is 57.1 cm³/mol. The van der Waals surface area contributed by atoms with E-state index < -0.39 is 4.92 Å². The van der Waals surface area contributed by atoms with E-state index in [1.165, 1.54) is 6.07 Å². The van der Waals surface area contributed by atoms with Crippen molar-refractivity contribution in [3.05, 3.63) is 21.7 Å². The Morgan fingerprint density at radius 3 is 2.67 bits per heavy atom. The van der Waals surface area contributed by atoms with Crippen LogP contribution in [0.1, 0.15) is 12.0 Å². The number of hydrogen-bond donors (Lipinski definition) is 3. The Morgan fingerprint density at radius 2 is 2.13 bits per heavy atom. The first-order valence-electron chi connectivity index (χ1n) is 4.45. The van der Waals surface area contributed by atoms with E-state index in [1.54, 1.807) is 0 Å². The van der Waals surface area contributed by atoms with Crippen LogP contribution in [-0.4, -0.2) is 16.5 Å². The quantitative estimate of drug-likeness (QED) is 0.475. The Balaban J connectivity index is 3.14. The van der Waals surface area contributed by atoms with E-state index in [1.807, 2.05) is 0 Å². The molecule has 0 aromatic carbocycles. The summed E-state index contributed by atoms with van der Waals surface area (Å²) in [5.74, 6) is 0.0390. The number of aromatic nitrogens is 1. The van der Waals surface area contributed by atoms with Crippen molar-refractivity contribution in [3.8, 4) is 0 Å². The molecule has 6 N–H and O–H groups in total. The van der Waals surface area contributed by atoms with E-state index in [0.717, 1.165) is 0 Å². The Bertz CT molecular complexity index is 380. The van der Waals surface area contributed by atoms with E-state index in [9.17, 15) is 10.1 Å². The van der Waals surface area contributed by atoms with Crippen LogP contribution in [0.3, 0.4) is 0 Å². The molecule has 1 heterocycles. The molecule has 0 fully saturated rings. The van der Waals surface area contributed by atoms with Gasteiger partial charge < -0.3 is 17.2 Å². The summed E-state index contributed by atoms with van der Waals surface area (Å²) in [5.41, 5.74) is 16.5. The largest absolute Gasteiger partial charge is 0.384 e. The monoisotopic (exact) mass is 211 g/mol. The lowest BCUT2D eigenvalue weighted by Gasteiger charge is -2.05. The molecule has 0 aliphatic carbocycles. The van der Waals surface area contributed by atoms with Gasteiger partial charge in [-0.2, -0.15) is 0 Å². The van der Waals surface area contributed by atoms with Gasteiger partial charge in [0.2, 0.25) is 5.82 Å². The van der Waals surface area contributed by atoms with Crippen molar-refractivity contribution in [2.24, 2.45) is 5.73 Å². The van der Waals surface area contributed by atoms with Crippen LogP contribution in [0.15, 0.2) is 6.07 Å². The van der Waals surface area contributed by atoms with Gasteiger partial charge >= 0.3 is 5.69 Å². The molecule has 7 nitrogen and oxygen atoms in total. The van der Waals surface area contributed by atoms with Gasteiger partial charge in [0.1, 0.15) is 5.82 Å². The van der Waals surface area contributed by atoms with Crippen molar-refractivity contribution in [2.75, 3.05) is 18.0 Å². The van der Waals surface area contributed by atoms with Crippen molar-refractivity contribution in [3.63, 3.8) is 0 Å². The van der Waals surface area contributed by atoms with Crippen molar-refractivity contribution in [2.45, 2.75) is 12.8 Å². The number of nitrogens with two attached hydrogens (primary N) is 3. The molecule has 0 spiro atoms. The smallest absolute Gasteiger partial charge is 0.314 e. The molecule has 0 radical (unpaired) electrons. The molecule has 0 aliphatic heterocycles. The van der Waals surface area contributed by atoms with Crippen LogP contribution in [0.4, 0.5) is 17.3 Å². The summed E-state index contributed by atoms with van der Waals surface area (Å²) in [4.78, 5) is 13.8. The fourth-order valence-electron chi connectivity index (χ4n) is 1.33. The summed E-state index contributed by atoms with van der Waals surface area (Å²) in [6, 6.07) is 1.46. The second kappa shape index (κ2) is 4.56. The molecule has 15 heavy (non-hydrogen) atoms. The zero-order chi connectivity index (χ0) is 11.4. The number of hydrogen-bond acceptors (Lipinski definition) is 6. The van der Waals surface area contributed by atoms with Crippen LogP contribution in [0.25, 0.3) is 0 Å². The highest BCUT2D eigenvalue weighted by Crippen LogP contribution is 2.27. The summed E-state index contributed by atoms with van der Waals surface area (Å²) in [6.07, 6.45) is 1.12. The van der Waals surface area contributed by atoms with Gasteiger partial charge in [0.15, 0.2) is 0 Å². The number of rotatable bonds is 4. The second-order valence-corrected chi connectivity index (χ2v) is 3.09. The lowest BCUT2D eigenvalue weighted by Crippen LogP contribution is -2.07. The molecule has 0 atom stereocenters. The number of nitro groups is 1. The first kappa shape index (κ1) is 11.2. The maximum atomic E-state index is 10.7. The molecule has 1 aromatic rings. The molecular weight excluding hydrogens is 198 g/mol. The Kier molecular flexibility index (Phi) is 3.40. The zero-order valence-corrected chi connectivity index (χ0v) is 8.14. The van der Waals surface area contributed by atoms with E-state index >= 15 is 0 Å². The Labute approximate surface area is 86.4 Å². The zero-order valence-electron chi connectivity index (χ0n) is 8.14. The third-order valence-corrected chi connectivity index (χ3v) is 1.95. The van der Waals surface area contributed by atoms with Crippen LogP contribution in [0.5, 0.6) is 0 Å². The normalized spacial score (nSPS) is 10.2. The summed E-state index contributed by atoms with van der Waals surface area (Å²) in [5, 5.41) is 10.7. The molecule has 1 aromatic heterocycles. The summed E-state index contributed by atoms with van der Waals surface area (Å²) >= 11 is 0. The number of pyridine rings is 1. The first-order valence-corrected chi connectivity index (χ1v) is 4.45. The highest BCUT2D eigenvalue weighted by Gasteiger charge is 2.19. The number of nitrogen functional groups attached to an aromatic ring is 2. The molecule has 0 amide bonds. The van der Waals surface area contributed by atoms with E-state index in [-0.39, 0.29) is 17.3 Å². The van der Waals surface area contributed by atoms with Gasteiger partial charge in [0.25, 0.3) is 0 Å². The molecule has 0 bridgehead atoms. The van der Waals surface area contributed by atoms with Gasteiger partial charge in [-0.3, -0.25) is 10.1 Å². The Morgan fingerprint density at radius 1 is 1.47 bits per heavy atom. The van der Waals surface area contributed by atoms with E-state index in [0.29, 0.717) is 24.9 Å². The average Bonchev–Trinajstić information content (AvgIpc) is 2.12. The molecule has 0 unspecified atom stereocenters. The molecule has 7 heteroatoms. The van der Waals surface area contributed by atoms with Gasteiger partial charge in [-0.05, 0) is 25.5 Å². The highest BCUT2D eigenvalue weighted by atomic mass is 16.6. The topological polar surface area (TPSA) is 134 Å². The SMILES string of the molecule is NCCCc1cc(N)nc(N)c1[N+](=O)[O-]. The summed E-state index contributed by atoms with van der Waals surface area (Å²) in [7, 11) is 0. The van der Waals surface area contributed by atoms with Crippen LogP contribution in [0.2, 0.25) is 0 Å². The fourth-order valence-corrected chi connectivity index (χ4v) is 1.33. The van der Waals surface area contributed by atoms with E-state index in [2.05, 4.69) is 4.98 Å². The molecule has 0 saturated carbocycles. The van der Waals surface area contributed by atoms with Crippen LogP contribution in [-0.2, 0) is 6.42 Å². The lowest BCUT2D eigenvalue weighted by molar-refractivity contribution is -0.384. The molecule has 0 saturated heterocycles. The van der Waals surface area contributed by atoms with Gasteiger partial charge in [-0.15, -0.1) is 0 Å². The average molecular weight is 211 g/mol. The number of aryl methyl sites for hydroxylation is 1. The van der Waals surface area contributed by atoms with Crippen LogP contribution >= 0.6 is 0 Å².